The van der Waals surface area contributed by atoms with Gasteiger partial charge in [-0.1, -0.05) is 6.92 Å². The van der Waals surface area contributed by atoms with E-state index in [0.29, 0.717) is 23.3 Å². The molecule has 3 aliphatic rings. The van der Waals surface area contributed by atoms with E-state index in [0.717, 1.165) is 63.7 Å². The van der Waals surface area contributed by atoms with E-state index in [-0.39, 0.29) is 17.9 Å². The number of carbonyl (C=O) groups is 1. The van der Waals surface area contributed by atoms with E-state index in [9.17, 15) is 4.79 Å². The Morgan fingerprint density at radius 2 is 1.78 bits per heavy atom. The average Bonchev–Trinajstić information content (AvgIpc) is 3.69. The SMILES string of the molecule is CCN1CCC(C2CCN(C(=O)[C@@H]3CCCN3c3nc(N)n4nc(-c5ccco5)nc4n3)CC2)CC1. The number of hydrogen-bond acceptors (Lipinski definition) is 9. The van der Waals surface area contributed by atoms with Crippen LogP contribution in [0.5, 0.6) is 0 Å². The fourth-order valence-electron chi connectivity index (χ4n) is 6.24. The van der Waals surface area contributed by atoms with Crippen molar-refractivity contribution in [2.75, 3.05) is 49.9 Å². The number of aromatic nitrogens is 5. The lowest BCUT2D eigenvalue weighted by Gasteiger charge is -2.41. The quantitative estimate of drug-likeness (QED) is 0.570. The molecule has 11 nitrogen and oxygen atoms in total. The summed E-state index contributed by atoms with van der Waals surface area (Å²) in [6.45, 7) is 8.26. The van der Waals surface area contributed by atoms with Crippen molar-refractivity contribution in [3.8, 4) is 11.6 Å². The lowest BCUT2D eigenvalue weighted by atomic mass is 9.78. The van der Waals surface area contributed by atoms with Gasteiger partial charge in [-0.15, -0.1) is 5.10 Å². The van der Waals surface area contributed by atoms with E-state index in [2.05, 4.69) is 36.8 Å². The molecule has 0 radical (unpaired) electrons. The van der Waals surface area contributed by atoms with Gasteiger partial charge in [0.1, 0.15) is 6.04 Å². The smallest absolute Gasteiger partial charge is 0.259 e. The van der Waals surface area contributed by atoms with Crippen LogP contribution < -0.4 is 10.6 Å². The van der Waals surface area contributed by atoms with Crippen LogP contribution in [0.1, 0.15) is 45.4 Å². The molecule has 36 heavy (non-hydrogen) atoms. The standard InChI is InChI=1S/C25H35N9O2/c1-2-31-12-7-17(8-13-31)18-9-14-32(15-10-18)22(35)19-5-3-11-33(19)24-28-23(26)34-25(29-24)27-21(30-34)20-6-4-16-36-20/h4,6,16-19H,2-3,5,7-15H2,1H3,(H2,26,27,28,29,30)/t19-/m0/s1. The highest BCUT2D eigenvalue weighted by Gasteiger charge is 2.38. The molecular formula is C25H35N9O2. The molecule has 11 heteroatoms. The summed E-state index contributed by atoms with van der Waals surface area (Å²) < 4.78 is 6.81. The normalized spacial score (nSPS) is 22.6. The zero-order valence-electron chi connectivity index (χ0n) is 20.9. The summed E-state index contributed by atoms with van der Waals surface area (Å²) in [5.74, 6) is 3.65. The molecule has 0 aliphatic carbocycles. The monoisotopic (exact) mass is 493 g/mol. The fourth-order valence-corrected chi connectivity index (χ4v) is 6.24. The van der Waals surface area contributed by atoms with Gasteiger partial charge in [0.15, 0.2) is 5.76 Å². The maximum atomic E-state index is 13.6. The number of furan rings is 1. The molecule has 0 saturated carbocycles. The maximum Gasteiger partial charge on any atom is 0.259 e. The van der Waals surface area contributed by atoms with Crippen LogP contribution in [0.15, 0.2) is 22.8 Å². The van der Waals surface area contributed by atoms with Gasteiger partial charge in [0.2, 0.25) is 23.6 Å². The fraction of sp³-hybridized carbons (Fsp3) is 0.640. The zero-order valence-corrected chi connectivity index (χ0v) is 20.9. The largest absolute Gasteiger partial charge is 0.461 e. The van der Waals surface area contributed by atoms with Crippen molar-refractivity contribution in [1.82, 2.24) is 34.4 Å². The summed E-state index contributed by atoms with van der Waals surface area (Å²) in [5.41, 5.74) is 6.21. The molecule has 3 aliphatic heterocycles. The van der Waals surface area contributed by atoms with E-state index in [4.69, 9.17) is 10.2 Å². The minimum atomic E-state index is -0.261. The number of piperidine rings is 2. The molecule has 3 fully saturated rings. The maximum absolute atomic E-state index is 13.6. The van der Waals surface area contributed by atoms with Gasteiger partial charge in [0, 0.05) is 19.6 Å². The highest BCUT2D eigenvalue weighted by molar-refractivity contribution is 5.85. The number of hydrogen-bond donors (Lipinski definition) is 1. The number of nitrogens with two attached hydrogens (primary N) is 1. The van der Waals surface area contributed by atoms with Crippen LogP contribution in [-0.2, 0) is 4.79 Å². The number of carbonyl (C=O) groups excluding carboxylic acids is 1. The van der Waals surface area contributed by atoms with Gasteiger partial charge in [0.05, 0.1) is 6.26 Å². The summed E-state index contributed by atoms with van der Waals surface area (Å²) in [6, 6.07) is 3.30. The number of nitrogens with zero attached hydrogens (tertiary/aromatic N) is 8. The van der Waals surface area contributed by atoms with Crippen molar-refractivity contribution >= 4 is 23.6 Å². The van der Waals surface area contributed by atoms with Crippen molar-refractivity contribution in [2.24, 2.45) is 11.8 Å². The van der Waals surface area contributed by atoms with E-state index >= 15 is 0 Å². The van der Waals surface area contributed by atoms with Crippen LogP contribution >= 0.6 is 0 Å². The molecule has 0 aromatic carbocycles. The van der Waals surface area contributed by atoms with Crippen LogP contribution in [0.2, 0.25) is 0 Å². The lowest BCUT2D eigenvalue weighted by molar-refractivity contribution is -0.134. The molecule has 1 atom stereocenters. The highest BCUT2D eigenvalue weighted by Crippen LogP contribution is 2.34. The molecular weight excluding hydrogens is 458 g/mol. The first-order chi connectivity index (χ1) is 17.6. The van der Waals surface area contributed by atoms with E-state index in [1.54, 1.807) is 18.4 Å². The third-order valence-corrected chi connectivity index (χ3v) is 8.36. The van der Waals surface area contributed by atoms with Gasteiger partial charge in [-0.2, -0.15) is 19.5 Å². The van der Waals surface area contributed by atoms with E-state index < -0.39 is 0 Å². The predicted molar refractivity (Wildman–Crippen MR) is 135 cm³/mol. The number of nitrogen functional groups attached to an aromatic ring is 1. The topological polar surface area (TPSA) is 122 Å². The van der Waals surface area contributed by atoms with Crippen molar-refractivity contribution in [3.05, 3.63) is 18.4 Å². The van der Waals surface area contributed by atoms with Crippen LogP contribution in [-0.4, -0.2) is 85.6 Å². The number of rotatable bonds is 5. The molecule has 3 aromatic rings. The number of anilines is 2. The van der Waals surface area contributed by atoms with Crippen LogP contribution in [0.3, 0.4) is 0 Å². The molecule has 1 amide bonds. The molecule has 6 heterocycles. The number of amides is 1. The third-order valence-electron chi connectivity index (χ3n) is 8.36. The Morgan fingerprint density at radius 3 is 2.47 bits per heavy atom. The Labute approximate surface area is 210 Å². The second-order valence-electron chi connectivity index (χ2n) is 10.3. The van der Waals surface area contributed by atoms with Crippen molar-refractivity contribution in [2.45, 2.75) is 51.5 Å². The first-order valence-corrected chi connectivity index (χ1v) is 13.3. The van der Waals surface area contributed by atoms with Crippen molar-refractivity contribution < 1.29 is 9.21 Å². The summed E-state index contributed by atoms with van der Waals surface area (Å²) in [5, 5.41) is 4.37. The Bertz CT molecular complexity index is 1190. The summed E-state index contributed by atoms with van der Waals surface area (Å²) in [4.78, 5) is 33.8. The number of fused-ring (bicyclic) bond motifs is 1. The molecule has 0 bridgehead atoms. The highest BCUT2D eigenvalue weighted by atomic mass is 16.3. The lowest BCUT2D eigenvalue weighted by Crippen LogP contribution is -2.50. The van der Waals surface area contributed by atoms with E-state index in [1.807, 2.05) is 4.90 Å². The summed E-state index contributed by atoms with van der Waals surface area (Å²) in [7, 11) is 0. The van der Waals surface area contributed by atoms with Gasteiger partial charge in [-0.05, 0) is 82.1 Å². The Kier molecular flexibility index (Phi) is 6.24. The van der Waals surface area contributed by atoms with Crippen LogP contribution in [0, 0.1) is 11.8 Å². The predicted octanol–water partition coefficient (Wildman–Crippen LogP) is 2.30. The van der Waals surface area contributed by atoms with Crippen molar-refractivity contribution in [1.29, 1.82) is 0 Å². The average molecular weight is 494 g/mol. The minimum absolute atomic E-state index is 0.187. The van der Waals surface area contributed by atoms with Gasteiger partial charge in [-0.3, -0.25) is 4.79 Å². The molecule has 3 aromatic heterocycles. The first-order valence-electron chi connectivity index (χ1n) is 13.3. The van der Waals surface area contributed by atoms with Gasteiger partial charge in [-0.25, -0.2) is 0 Å². The molecule has 3 saturated heterocycles. The second kappa shape index (κ2) is 9.68. The summed E-state index contributed by atoms with van der Waals surface area (Å²) in [6.07, 6.45) is 8.11. The van der Waals surface area contributed by atoms with Crippen molar-refractivity contribution in [3.63, 3.8) is 0 Å². The van der Waals surface area contributed by atoms with Crippen LogP contribution in [0.25, 0.3) is 17.4 Å². The van der Waals surface area contributed by atoms with Crippen LogP contribution in [0.4, 0.5) is 11.9 Å². The van der Waals surface area contributed by atoms with Gasteiger partial charge in [0.25, 0.3) is 5.78 Å². The zero-order chi connectivity index (χ0) is 24.6. The van der Waals surface area contributed by atoms with E-state index in [1.165, 1.54) is 30.4 Å². The summed E-state index contributed by atoms with van der Waals surface area (Å²) >= 11 is 0. The molecule has 0 unspecified atom stereocenters. The second-order valence-corrected chi connectivity index (χ2v) is 10.3. The van der Waals surface area contributed by atoms with Gasteiger partial charge >= 0.3 is 0 Å². The van der Waals surface area contributed by atoms with Gasteiger partial charge < -0.3 is 24.9 Å². The Morgan fingerprint density at radius 1 is 1.03 bits per heavy atom. The Hall–Kier alpha value is -3.21. The molecule has 6 rings (SSSR count). The minimum Gasteiger partial charge on any atom is -0.461 e. The molecule has 192 valence electrons. The molecule has 0 spiro atoms. The number of likely N-dealkylation sites (tertiary alicyclic amines) is 2. The first kappa shape index (κ1) is 23.2. The molecule has 2 N–H and O–H groups in total. The third kappa shape index (κ3) is 4.29. The Balaban J connectivity index is 1.13.